The number of nitrogens with two attached hydrogens (primary N) is 1. The van der Waals surface area contributed by atoms with Crippen molar-refractivity contribution in [2.45, 2.75) is 69.4 Å². The second-order valence-electron chi connectivity index (χ2n) is 10.9. The van der Waals surface area contributed by atoms with E-state index in [9.17, 15) is 13.2 Å². The van der Waals surface area contributed by atoms with Gasteiger partial charge in [-0.15, -0.1) is 0 Å². The van der Waals surface area contributed by atoms with Crippen LogP contribution in [0.4, 0.5) is 24.7 Å². The predicted octanol–water partition coefficient (Wildman–Crippen LogP) is 5.46. The Kier molecular flexibility index (Phi) is 5.99. The number of rotatable bonds is 5. The van der Waals surface area contributed by atoms with E-state index < -0.39 is 23.4 Å². The number of piperidine rings is 1. The molecule has 2 fully saturated rings. The van der Waals surface area contributed by atoms with Crippen LogP contribution in [0.3, 0.4) is 0 Å². The lowest BCUT2D eigenvalue weighted by Crippen LogP contribution is -2.48. The van der Waals surface area contributed by atoms with Gasteiger partial charge in [-0.1, -0.05) is 0 Å². The van der Waals surface area contributed by atoms with Crippen molar-refractivity contribution in [2.75, 3.05) is 25.2 Å². The van der Waals surface area contributed by atoms with Crippen LogP contribution in [-0.4, -0.2) is 50.5 Å². The molecule has 3 atom stereocenters. The Balaban J connectivity index is 1.48. The monoisotopic (exact) mass is 539 g/mol. The molecule has 2 unspecified atom stereocenters. The molecule has 39 heavy (non-hydrogen) atoms. The molecule has 6 rings (SSSR count). The van der Waals surface area contributed by atoms with E-state index in [1.54, 1.807) is 33.2 Å². The third-order valence-electron chi connectivity index (χ3n) is 8.59. The lowest BCUT2D eigenvalue weighted by Gasteiger charge is -2.44. The van der Waals surface area contributed by atoms with Crippen LogP contribution in [0, 0.1) is 6.92 Å². The number of imidazole rings is 1. The molecule has 11 heteroatoms. The Morgan fingerprint density at radius 2 is 1.82 bits per heavy atom. The molecular formula is C28H32F3N7O. The van der Waals surface area contributed by atoms with Crippen LogP contribution in [0.5, 0.6) is 0 Å². The van der Waals surface area contributed by atoms with Gasteiger partial charge in [-0.3, -0.25) is 4.40 Å². The number of methoxy groups -OCH3 is 1. The van der Waals surface area contributed by atoms with E-state index in [-0.39, 0.29) is 5.69 Å². The molecule has 206 valence electrons. The smallest absolute Gasteiger partial charge is 0.399 e. The van der Waals surface area contributed by atoms with Gasteiger partial charge in [-0.25, -0.2) is 15.0 Å². The molecule has 2 bridgehead atoms. The third kappa shape index (κ3) is 4.28. The minimum atomic E-state index is -4.49. The highest BCUT2D eigenvalue weighted by molar-refractivity contribution is 5.90. The van der Waals surface area contributed by atoms with Crippen LogP contribution in [0.15, 0.2) is 36.7 Å². The summed E-state index contributed by atoms with van der Waals surface area (Å²) in [6, 6.07) is 6.02. The number of ether oxygens (including phenoxy) is 1. The van der Waals surface area contributed by atoms with E-state index in [0.29, 0.717) is 34.9 Å². The fraction of sp³-hybridized carbons (Fsp3) is 0.464. The second kappa shape index (κ2) is 9.06. The average Bonchev–Trinajstić information content (AvgIpc) is 3.44. The molecule has 2 aliphatic rings. The largest absolute Gasteiger partial charge is 0.416 e. The highest BCUT2D eigenvalue weighted by atomic mass is 19.4. The van der Waals surface area contributed by atoms with Crippen molar-refractivity contribution in [3.05, 3.63) is 59.2 Å². The van der Waals surface area contributed by atoms with Crippen molar-refractivity contribution in [2.24, 2.45) is 0 Å². The lowest BCUT2D eigenvalue weighted by atomic mass is 9.80. The topological polar surface area (TPSA) is 93.6 Å². The Labute approximate surface area is 224 Å². The van der Waals surface area contributed by atoms with Gasteiger partial charge in [0.25, 0.3) is 0 Å². The number of hydrogen-bond donors (Lipinski definition) is 2. The molecule has 0 aliphatic carbocycles. The molecule has 4 aromatic rings. The van der Waals surface area contributed by atoms with Crippen molar-refractivity contribution < 1.29 is 17.9 Å². The van der Waals surface area contributed by atoms with Gasteiger partial charge in [0.15, 0.2) is 5.65 Å². The number of aryl methyl sites for hydroxylation is 1. The molecule has 3 N–H and O–H groups in total. The number of aromatic nitrogens is 4. The van der Waals surface area contributed by atoms with Crippen LogP contribution >= 0.6 is 0 Å². The molecule has 0 radical (unpaired) electrons. The summed E-state index contributed by atoms with van der Waals surface area (Å²) in [7, 11) is 3.95. The van der Waals surface area contributed by atoms with E-state index in [1.807, 2.05) is 10.6 Å². The van der Waals surface area contributed by atoms with Crippen LogP contribution in [0.2, 0.25) is 0 Å². The fourth-order valence-corrected chi connectivity index (χ4v) is 6.51. The zero-order valence-electron chi connectivity index (χ0n) is 22.4. The zero-order chi connectivity index (χ0) is 27.7. The van der Waals surface area contributed by atoms with Gasteiger partial charge >= 0.3 is 6.18 Å². The van der Waals surface area contributed by atoms with Gasteiger partial charge in [0, 0.05) is 42.8 Å². The first-order valence-electron chi connectivity index (χ1n) is 13.2. The minimum absolute atomic E-state index is 0.0542. The van der Waals surface area contributed by atoms with Gasteiger partial charge in [-0.05, 0) is 76.4 Å². The molecule has 5 heterocycles. The number of nitrogens with zero attached hydrogens (tertiary/aromatic N) is 5. The van der Waals surface area contributed by atoms with Crippen molar-refractivity contribution in [3.63, 3.8) is 0 Å². The maximum Gasteiger partial charge on any atom is 0.416 e. The van der Waals surface area contributed by atoms with Crippen molar-refractivity contribution >= 4 is 28.2 Å². The number of hydrogen-bond acceptors (Lipinski definition) is 7. The minimum Gasteiger partial charge on any atom is -0.399 e. The quantitative estimate of drug-likeness (QED) is 0.326. The molecule has 0 saturated carbocycles. The SMILES string of the molecule is COC1(c2cc3c(N[C@H](C)c4cc(N)cc(C(F)(F)F)c4)nc(C)nc3n3ccnc23)CC2CCC(C1)N2C. The highest BCUT2D eigenvalue weighted by Gasteiger charge is 2.49. The third-order valence-corrected chi connectivity index (χ3v) is 8.59. The summed E-state index contributed by atoms with van der Waals surface area (Å²) >= 11 is 0. The number of nitrogens with one attached hydrogen (secondary N) is 1. The van der Waals surface area contributed by atoms with Crippen molar-refractivity contribution in [1.29, 1.82) is 0 Å². The van der Waals surface area contributed by atoms with Gasteiger partial charge in [0.2, 0.25) is 0 Å². The van der Waals surface area contributed by atoms with E-state index in [1.165, 1.54) is 0 Å². The number of alkyl halides is 3. The van der Waals surface area contributed by atoms with Crippen LogP contribution in [0.1, 0.15) is 61.2 Å². The van der Waals surface area contributed by atoms with Crippen molar-refractivity contribution in [1.82, 2.24) is 24.3 Å². The Hall–Kier alpha value is -3.44. The van der Waals surface area contributed by atoms with Gasteiger partial charge < -0.3 is 20.7 Å². The van der Waals surface area contributed by atoms with E-state index in [0.717, 1.165) is 54.4 Å². The van der Waals surface area contributed by atoms with Crippen LogP contribution in [-0.2, 0) is 16.5 Å². The molecule has 1 aromatic carbocycles. The molecular weight excluding hydrogens is 507 g/mol. The van der Waals surface area contributed by atoms with E-state index in [2.05, 4.69) is 28.3 Å². The normalized spacial score (nSPS) is 24.5. The van der Waals surface area contributed by atoms with Gasteiger partial charge in [-0.2, -0.15) is 13.2 Å². The summed E-state index contributed by atoms with van der Waals surface area (Å²) in [5, 5.41) is 4.09. The number of fused-ring (bicyclic) bond motifs is 5. The van der Waals surface area contributed by atoms with E-state index in [4.69, 9.17) is 20.4 Å². The number of anilines is 2. The fourth-order valence-electron chi connectivity index (χ4n) is 6.51. The van der Waals surface area contributed by atoms with Crippen LogP contribution < -0.4 is 11.1 Å². The van der Waals surface area contributed by atoms with E-state index >= 15 is 0 Å². The summed E-state index contributed by atoms with van der Waals surface area (Å²) in [5.41, 5.74) is 7.43. The van der Waals surface area contributed by atoms with Crippen molar-refractivity contribution in [3.8, 4) is 0 Å². The molecule has 2 saturated heterocycles. The Morgan fingerprint density at radius 1 is 1.10 bits per heavy atom. The first-order valence-corrected chi connectivity index (χ1v) is 13.2. The first kappa shape index (κ1) is 25.8. The number of halogens is 3. The molecule has 2 aliphatic heterocycles. The predicted molar refractivity (Wildman–Crippen MR) is 143 cm³/mol. The summed E-state index contributed by atoms with van der Waals surface area (Å²) < 4.78 is 48.7. The molecule has 0 amide bonds. The summed E-state index contributed by atoms with van der Waals surface area (Å²) in [6.07, 6.45) is 3.10. The summed E-state index contributed by atoms with van der Waals surface area (Å²) in [4.78, 5) is 16.6. The number of nitrogen functional groups attached to an aromatic ring is 1. The average molecular weight is 540 g/mol. The Bertz CT molecular complexity index is 1550. The molecule has 3 aromatic heterocycles. The molecule has 8 nitrogen and oxygen atoms in total. The Morgan fingerprint density at radius 3 is 2.49 bits per heavy atom. The standard InChI is InChI=1S/C28H32F3N7O/c1-15(17-9-18(28(29,30)31)11-19(32)10-17)34-24-22-12-23(26-33-7-8-38(26)25(22)36-16(2)35-24)27(39-4)13-20-5-6-21(14-27)37(20)3/h7-12,15,20-21H,5-6,13-14,32H2,1-4H3,(H,34,35,36)/t15-,20?,21?,27?/m1/s1. The maximum atomic E-state index is 13.5. The summed E-state index contributed by atoms with van der Waals surface area (Å²) in [5.74, 6) is 1.06. The number of benzene rings is 1. The van der Waals surface area contributed by atoms with Gasteiger partial charge in [0.05, 0.1) is 22.6 Å². The first-order chi connectivity index (χ1) is 18.5. The lowest BCUT2D eigenvalue weighted by molar-refractivity contribution is -0.137. The second-order valence-corrected chi connectivity index (χ2v) is 10.9. The van der Waals surface area contributed by atoms with Crippen LogP contribution in [0.25, 0.3) is 16.7 Å². The highest BCUT2D eigenvalue weighted by Crippen LogP contribution is 2.48. The number of pyridine rings is 1. The zero-order valence-corrected chi connectivity index (χ0v) is 22.4. The summed E-state index contributed by atoms with van der Waals surface area (Å²) in [6.45, 7) is 3.58. The van der Waals surface area contributed by atoms with Gasteiger partial charge in [0.1, 0.15) is 17.3 Å². The molecule has 0 spiro atoms. The maximum absolute atomic E-state index is 13.5.